The number of nitrogens with one attached hydrogen (secondary N) is 2. The van der Waals surface area contributed by atoms with E-state index in [0.717, 1.165) is 71.2 Å². The second-order valence-corrected chi connectivity index (χ2v) is 15.6. The molecule has 7 nitrogen and oxygen atoms in total. The monoisotopic (exact) mass is 616 g/mol. The van der Waals surface area contributed by atoms with Crippen molar-refractivity contribution >= 4 is 33.4 Å². The maximum Gasteiger partial charge on any atom is 0.225 e. The van der Waals surface area contributed by atoms with Gasteiger partial charge in [0.05, 0.1) is 18.9 Å². The molecule has 1 aliphatic carbocycles. The Labute approximate surface area is 265 Å². The van der Waals surface area contributed by atoms with Crippen molar-refractivity contribution in [1.82, 2.24) is 20.1 Å². The van der Waals surface area contributed by atoms with E-state index < -0.39 is 0 Å². The van der Waals surface area contributed by atoms with Crippen molar-refractivity contribution in [1.29, 1.82) is 0 Å². The van der Waals surface area contributed by atoms with Crippen molar-refractivity contribution in [2.45, 2.75) is 77.7 Å². The number of H-pyrrole nitrogens is 1. The van der Waals surface area contributed by atoms with Crippen LogP contribution >= 0.6 is 11.3 Å². The average Bonchev–Trinajstić information content (AvgIpc) is 3.75. The summed E-state index contributed by atoms with van der Waals surface area (Å²) in [6.45, 7) is 14.9. The Morgan fingerprint density at radius 2 is 1.73 bits per heavy atom. The summed E-state index contributed by atoms with van der Waals surface area (Å²) in [5.74, 6) is 1.40. The van der Waals surface area contributed by atoms with Crippen molar-refractivity contribution < 1.29 is 14.3 Å². The molecular weight excluding hydrogens is 568 g/mol. The maximum absolute atomic E-state index is 13.1. The molecule has 1 saturated carbocycles. The van der Waals surface area contributed by atoms with Gasteiger partial charge < -0.3 is 24.8 Å². The zero-order chi connectivity index (χ0) is 30.6. The standard InChI is InChI=1S/C36H48N4O3S/c1-22-17-23(2)19-25(18-22)32-26(9-12-39-10-7-24(8-11-39)35(42)40-13-15-43-16-14-40)28-20-31(44-34(28)38-32)36(3,4)21-29-27-5-6-30(29)37-33(27)41/h17-20,24,27,29-30,38H,5-16,21H2,1-4H3,(H,37,41). The molecule has 2 bridgehead atoms. The van der Waals surface area contributed by atoms with Gasteiger partial charge in [-0.3, -0.25) is 9.59 Å². The number of likely N-dealkylation sites (tertiary alicyclic amines) is 1. The number of carbonyl (C=O) groups excluding carboxylic acids is 2. The van der Waals surface area contributed by atoms with E-state index in [1.807, 2.05) is 16.2 Å². The molecule has 5 heterocycles. The van der Waals surface area contributed by atoms with Crippen molar-refractivity contribution in [3.8, 4) is 11.3 Å². The van der Waals surface area contributed by atoms with Gasteiger partial charge in [0.25, 0.3) is 0 Å². The molecule has 3 unspecified atom stereocenters. The number of aromatic nitrogens is 1. The molecule has 0 spiro atoms. The Morgan fingerprint density at radius 1 is 1.00 bits per heavy atom. The fourth-order valence-electron chi connectivity index (χ4n) is 8.54. The number of hydrogen-bond donors (Lipinski definition) is 2. The molecule has 4 aliphatic rings. The fourth-order valence-corrected chi connectivity index (χ4v) is 9.74. The first-order chi connectivity index (χ1) is 21.2. The molecule has 3 aromatic rings. The number of nitrogens with zero attached hydrogens (tertiary/aromatic N) is 2. The van der Waals surface area contributed by atoms with E-state index in [9.17, 15) is 9.59 Å². The molecule has 0 radical (unpaired) electrons. The lowest BCUT2D eigenvalue weighted by molar-refractivity contribution is -0.141. The lowest BCUT2D eigenvalue weighted by Gasteiger charge is -2.35. The number of ether oxygens (including phenoxy) is 1. The van der Waals surface area contributed by atoms with Crippen LogP contribution in [0.15, 0.2) is 24.3 Å². The lowest BCUT2D eigenvalue weighted by atomic mass is 9.78. The number of carbonyl (C=O) groups is 2. The topological polar surface area (TPSA) is 77.7 Å². The van der Waals surface area contributed by atoms with Gasteiger partial charge in [-0.25, -0.2) is 0 Å². The predicted molar refractivity (Wildman–Crippen MR) is 177 cm³/mol. The molecule has 3 saturated heterocycles. The van der Waals surface area contributed by atoms with Crippen LogP contribution in [-0.2, 0) is 26.2 Å². The average molecular weight is 617 g/mol. The van der Waals surface area contributed by atoms with Gasteiger partial charge in [0.1, 0.15) is 4.83 Å². The molecule has 3 aliphatic heterocycles. The van der Waals surface area contributed by atoms with Crippen LogP contribution < -0.4 is 5.32 Å². The highest BCUT2D eigenvalue weighted by Gasteiger charge is 2.49. The van der Waals surface area contributed by atoms with Gasteiger partial charge in [-0.15, -0.1) is 11.3 Å². The van der Waals surface area contributed by atoms with Crippen LogP contribution in [0.3, 0.4) is 0 Å². The lowest BCUT2D eigenvalue weighted by Crippen LogP contribution is -2.47. The summed E-state index contributed by atoms with van der Waals surface area (Å²) < 4.78 is 5.45. The number of amides is 2. The van der Waals surface area contributed by atoms with Gasteiger partial charge in [-0.2, -0.15) is 0 Å². The zero-order valence-corrected chi connectivity index (χ0v) is 27.7. The quantitative estimate of drug-likeness (QED) is 0.335. The van der Waals surface area contributed by atoms with E-state index in [2.05, 4.69) is 67.2 Å². The minimum absolute atomic E-state index is 0.00852. The van der Waals surface area contributed by atoms with Crippen molar-refractivity contribution in [2.24, 2.45) is 17.8 Å². The van der Waals surface area contributed by atoms with Crippen LogP contribution in [0.4, 0.5) is 0 Å². The summed E-state index contributed by atoms with van der Waals surface area (Å²) in [7, 11) is 0. The van der Waals surface area contributed by atoms with Crippen LogP contribution in [0.25, 0.3) is 21.5 Å². The van der Waals surface area contributed by atoms with Crippen LogP contribution in [0.5, 0.6) is 0 Å². The zero-order valence-electron chi connectivity index (χ0n) is 26.8. The molecule has 44 heavy (non-hydrogen) atoms. The van der Waals surface area contributed by atoms with Gasteiger partial charge in [-0.05, 0) is 106 Å². The third-order valence-electron chi connectivity index (χ3n) is 10.9. The Balaban J connectivity index is 1.10. The molecule has 7 rings (SSSR count). The van der Waals surface area contributed by atoms with E-state index in [-0.39, 0.29) is 23.2 Å². The predicted octanol–water partition coefficient (Wildman–Crippen LogP) is 5.82. The molecule has 1 aromatic carbocycles. The first-order valence-electron chi connectivity index (χ1n) is 16.8. The summed E-state index contributed by atoms with van der Waals surface area (Å²) >= 11 is 1.90. The van der Waals surface area contributed by atoms with Crippen LogP contribution in [0.2, 0.25) is 0 Å². The smallest absolute Gasteiger partial charge is 0.225 e. The molecule has 4 fully saturated rings. The number of aromatic amines is 1. The maximum atomic E-state index is 13.1. The molecule has 2 amide bonds. The largest absolute Gasteiger partial charge is 0.378 e. The minimum atomic E-state index is 0.00852. The SMILES string of the molecule is Cc1cc(C)cc(-c2[nH]c3sc(C(C)(C)CC4C5CCC4C(=O)N5)cc3c2CCN2CCC(C(=O)N3CCOCC3)CC2)c1. The normalized spacial score (nSPS) is 24.9. The third kappa shape index (κ3) is 5.74. The highest BCUT2D eigenvalue weighted by molar-refractivity contribution is 7.18. The summed E-state index contributed by atoms with van der Waals surface area (Å²) in [5, 5.41) is 4.60. The van der Waals surface area contributed by atoms with Crippen molar-refractivity contribution in [3.63, 3.8) is 0 Å². The van der Waals surface area contributed by atoms with Crippen LogP contribution in [0, 0.1) is 31.6 Å². The number of rotatable bonds is 8. The molecule has 236 valence electrons. The number of piperidine rings is 2. The summed E-state index contributed by atoms with van der Waals surface area (Å²) in [6, 6.07) is 9.67. The highest BCUT2D eigenvalue weighted by atomic mass is 32.1. The number of morpholine rings is 1. The van der Waals surface area contributed by atoms with Crippen LogP contribution in [0.1, 0.15) is 67.5 Å². The van der Waals surface area contributed by atoms with E-state index >= 15 is 0 Å². The number of benzene rings is 1. The summed E-state index contributed by atoms with van der Waals surface area (Å²) in [4.78, 5) is 36.6. The third-order valence-corrected chi connectivity index (χ3v) is 12.4. The van der Waals surface area contributed by atoms with E-state index in [4.69, 9.17) is 4.74 Å². The van der Waals surface area contributed by atoms with Gasteiger partial charge >= 0.3 is 0 Å². The first kappa shape index (κ1) is 30.0. The number of thiophene rings is 1. The van der Waals surface area contributed by atoms with Gasteiger partial charge in [-0.1, -0.05) is 31.0 Å². The number of fused-ring (bicyclic) bond motifs is 3. The number of hydrogen-bond acceptors (Lipinski definition) is 5. The molecule has 3 atom stereocenters. The second kappa shape index (κ2) is 11.9. The van der Waals surface area contributed by atoms with E-state index in [1.165, 1.54) is 43.0 Å². The molecular formula is C36H48N4O3S. The fraction of sp³-hybridized carbons (Fsp3) is 0.611. The molecule has 8 heteroatoms. The molecule has 2 N–H and O–H groups in total. The Hall–Kier alpha value is -2.68. The highest BCUT2D eigenvalue weighted by Crippen LogP contribution is 2.48. The Bertz CT molecular complexity index is 1520. The summed E-state index contributed by atoms with van der Waals surface area (Å²) in [5.41, 5.74) is 6.51. The first-order valence-corrected chi connectivity index (χ1v) is 17.6. The van der Waals surface area contributed by atoms with E-state index in [0.29, 0.717) is 31.1 Å². The minimum Gasteiger partial charge on any atom is -0.378 e. The van der Waals surface area contributed by atoms with E-state index in [1.54, 1.807) is 0 Å². The second-order valence-electron chi connectivity index (χ2n) is 14.6. The Kier molecular flexibility index (Phi) is 8.13. The van der Waals surface area contributed by atoms with Gasteiger partial charge in [0.15, 0.2) is 0 Å². The summed E-state index contributed by atoms with van der Waals surface area (Å²) in [6.07, 6.45) is 6.09. The van der Waals surface area contributed by atoms with Gasteiger partial charge in [0, 0.05) is 47.8 Å². The Morgan fingerprint density at radius 3 is 2.39 bits per heavy atom. The number of aryl methyl sites for hydroxylation is 2. The van der Waals surface area contributed by atoms with Crippen molar-refractivity contribution in [2.75, 3.05) is 45.9 Å². The van der Waals surface area contributed by atoms with Gasteiger partial charge in [0.2, 0.25) is 11.8 Å². The molecule has 2 aromatic heterocycles. The van der Waals surface area contributed by atoms with Crippen molar-refractivity contribution in [3.05, 3.63) is 45.8 Å². The van der Waals surface area contributed by atoms with Crippen LogP contribution in [-0.4, -0.2) is 78.6 Å².